The van der Waals surface area contributed by atoms with E-state index >= 15 is 0 Å². The minimum Gasteiger partial charge on any atom is -0.494 e. The summed E-state index contributed by atoms with van der Waals surface area (Å²) in [5.41, 5.74) is 3.84. The van der Waals surface area contributed by atoms with Crippen LogP contribution in [-0.2, 0) is 0 Å². The highest BCUT2D eigenvalue weighted by molar-refractivity contribution is 5.84. The van der Waals surface area contributed by atoms with Gasteiger partial charge in [-0.05, 0) is 65.9 Å². The van der Waals surface area contributed by atoms with Gasteiger partial charge in [-0.25, -0.2) is 8.78 Å². The molecule has 4 rings (SSSR count). The fraction of sp³-hybridized carbons (Fsp3) is 0.0769. The molecule has 0 aliphatic carbocycles. The number of halogens is 2. The van der Waals surface area contributed by atoms with Gasteiger partial charge in [-0.15, -0.1) is 0 Å². The molecule has 0 aliphatic heterocycles. The quantitative estimate of drug-likeness (QED) is 0.362. The van der Waals surface area contributed by atoms with Crippen molar-refractivity contribution in [1.29, 1.82) is 0 Å². The first-order valence-corrected chi connectivity index (χ1v) is 9.37. The number of rotatable bonds is 3. The summed E-state index contributed by atoms with van der Waals surface area (Å²) in [5, 5.41) is 0.886. The van der Waals surface area contributed by atoms with Crippen molar-refractivity contribution in [2.24, 2.45) is 0 Å². The molecule has 0 aromatic heterocycles. The zero-order chi connectivity index (χ0) is 20.2. The van der Waals surface area contributed by atoms with E-state index < -0.39 is 11.6 Å². The van der Waals surface area contributed by atoms with E-state index in [0.29, 0.717) is 12.0 Å². The van der Waals surface area contributed by atoms with Gasteiger partial charge < -0.3 is 4.74 Å². The Morgan fingerprint density at radius 2 is 1.34 bits per heavy atom. The van der Waals surface area contributed by atoms with Crippen molar-refractivity contribution >= 4 is 10.8 Å². The SMILES string of the molecule is CCOc1ccc(-c2ccc(C#Cc3ccc4c(F)c(F)ccc4c3)cc2)cc1. The van der Waals surface area contributed by atoms with Gasteiger partial charge in [-0.3, -0.25) is 0 Å². The van der Waals surface area contributed by atoms with Crippen molar-refractivity contribution in [3.8, 4) is 28.7 Å². The second kappa shape index (κ2) is 8.16. The second-order valence-electron chi connectivity index (χ2n) is 6.58. The summed E-state index contributed by atoms with van der Waals surface area (Å²) in [6.07, 6.45) is 0. The van der Waals surface area contributed by atoms with Gasteiger partial charge in [0.2, 0.25) is 0 Å². The van der Waals surface area contributed by atoms with Gasteiger partial charge in [0.25, 0.3) is 0 Å². The molecule has 0 amide bonds. The van der Waals surface area contributed by atoms with E-state index in [1.807, 2.05) is 55.5 Å². The molecule has 0 bridgehead atoms. The largest absolute Gasteiger partial charge is 0.494 e. The molecular formula is C26H18F2O. The Balaban J connectivity index is 1.54. The molecule has 4 aromatic carbocycles. The highest BCUT2D eigenvalue weighted by atomic mass is 19.2. The lowest BCUT2D eigenvalue weighted by Crippen LogP contribution is -1.90. The zero-order valence-corrected chi connectivity index (χ0v) is 15.9. The Hall–Kier alpha value is -3.64. The maximum absolute atomic E-state index is 13.8. The maximum atomic E-state index is 13.8. The van der Waals surface area contributed by atoms with Gasteiger partial charge in [-0.2, -0.15) is 0 Å². The average molecular weight is 384 g/mol. The van der Waals surface area contributed by atoms with Gasteiger partial charge >= 0.3 is 0 Å². The fourth-order valence-electron chi connectivity index (χ4n) is 3.14. The summed E-state index contributed by atoms with van der Waals surface area (Å²) in [5.74, 6) is 5.39. The molecule has 0 fully saturated rings. The van der Waals surface area contributed by atoms with Crippen LogP contribution in [0.5, 0.6) is 5.75 Å². The van der Waals surface area contributed by atoms with Crippen LogP contribution in [0, 0.1) is 23.5 Å². The molecule has 0 saturated heterocycles. The Kier molecular flexibility index (Phi) is 5.27. The predicted octanol–water partition coefficient (Wildman–Crippen LogP) is 6.58. The summed E-state index contributed by atoms with van der Waals surface area (Å²) in [7, 11) is 0. The number of ether oxygens (including phenoxy) is 1. The van der Waals surface area contributed by atoms with Crippen LogP contribution in [0.1, 0.15) is 18.1 Å². The number of hydrogen-bond acceptors (Lipinski definition) is 1. The highest BCUT2D eigenvalue weighted by Crippen LogP contribution is 2.23. The molecule has 0 aliphatic rings. The van der Waals surface area contributed by atoms with Crippen molar-refractivity contribution in [2.45, 2.75) is 6.92 Å². The van der Waals surface area contributed by atoms with Crippen LogP contribution in [0.4, 0.5) is 8.78 Å². The van der Waals surface area contributed by atoms with Crippen LogP contribution < -0.4 is 4.74 Å². The molecule has 142 valence electrons. The molecule has 3 heteroatoms. The van der Waals surface area contributed by atoms with Gasteiger partial charge in [0.1, 0.15) is 5.75 Å². The van der Waals surface area contributed by atoms with E-state index in [1.54, 1.807) is 24.3 Å². The van der Waals surface area contributed by atoms with Crippen LogP contribution >= 0.6 is 0 Å². The molecule has 0 radical (unpaired) electrons. The zero-order valence-electron chi connectivity index (χ0n) is 15.9. The molecule has 0 saturated carbocycles. The Morgan fingerprint density at radius 1 is 0.724 bits per heavy atom. The van der Waals surface area contributed by atoms with E-state index in [4.69, 9.17) is 4.74 Å². The monoisotopic (exact) mass is 384 g/mol. The molecule has 29 heavy (non-hydrogen) atoms. The summed E-state index contributed by atoms with van der Waals surface area (Å²) in [6.45, 7) is 2.61. The highest BCUT2D eigenvalue weighted by Gasteiger charge is 2.06. The van der Waals surface area contributed by atoms with Crippen LogP contribution in [0.3, 0.4) is 0 Å². The Morgan fingerprint density at radius 3 is 2.03 bits per heavy atom. The first-order chi connectivity index (χ1) is 14.1. The summed E-state index contributed by atoms with van der Waals surface area (Å²) < 4.78 is 32.6. The van der Waals surface area contributed by atoms with Crippen LogP contribution in [-0.4, -0.2) is 6.61 Å². The van der Waals surface area contributed by atoms with Gasteiger partial charge in [0.05, 0.1) is 6.61 Å². The molecule has 0 N–H and O–H groups in total. The lowest BCUT2D eigenvalue weighted by atomic mass is 10.0. The van der Waals surface area contributed by atoms with E-state index in [9.17, 15) is 8.78 Å². The second-order valence-corrected chi connectivity index (χ2v) is 6.58. The van der Waals surface area contributed by atoms with Crippen molar-refractivity contribution < 1.29 is 13.5 Å². The third-order valence-electron chi connectivity index (χ3n) is 4.64. The summed E-state index contributed by atoms with van der Waals surface area (Å²) >= 11 is 0. The smallest absolute Gasteiger partial charge is 0.166 e. The average Bonchev–Trinajstić information content (AvgIpc) is 2.76. The van der Waals surface area contributed by atoms with Crippen LogP contribution in [0.25, 0.3) is 21.9 Å². The third kappa shape index (κ3) is 4.12. The van der Waals surface area contributed by atoms with Gasteiger partial charge in [-0.1, -0.05) is 48.2 Å². The van der Waals surface area contributed by atoms with Crippen molar-refractivity contribution in [1.82, 2.24) is 0 Å². The fourth-order valence-corrected chi connectivity index (χ4v) is 3.14. The number of fused-ring (bicyclic) bond motifs is 1. The molecular weight excluding hydrogens is 366 g/mol. The Labute approximate surface area is 168 Å². The van der Waals surface area contributed by atoms with Gasteiger partial charge in [0.15, 0.2) is 11.6 Å². The van der Waals surface area contributed by atoms with E-state index in [1.165, 1.54) is 0 Å². The number of hydrogen-bond donors (Lipinski definition) is 0. The van der Waals surface area contributed by atoms with Crippen LogP contribution in [0.2, 0.25) is 0 Å². The molecule has 1 nitrogen and oxygen atoms in total. The standard InChI is InChI=1S/C26H18F2O/c1-2-29-23-13-10-21(11-14-23)20-8-5-18(6-9-20)3-4-19-7-15-24-22(17-19)12-16-25(27)26(24)28/h5-17H,2H2,1H3. The van der Waals surface area contributed by atoms with E-state index in [0.717, 1.165) is 34.1 Å². The molecule has 4 aromatic rings. The Bertz CT molecular complexity index is 1210. The lowest BCUT2D eigenvalue weighted by molar-refractivity contribution is 0.340. The summed E-state index contributed by atoms with van der Waals surface area (Å²) in [4.78, 5) is 0. The summed E-state index contributed by atoms with van der Waals surface area (Å²) in [6, 6.07) is 23.7. The van der Waals surface area contributed by atoms with Crippen molar-refractivity contribution in [2.75, 3.05) is 6.61 Å². The predicted molar refractivity (Wildman–Crippen MR) is 113 cm³/mol. The van der Waals surface area contributed by atoms with Crippen molar-refractivity contribution in [3.63, 3.8) is 0 Å². The first kappa shape index (κ1) is 18.7. The van der Waals surface area contributed by atoms with E-state index in [2.05, 4.69) is 11.8 Å². The normalized spacial score (nSPS) is 10.4. The molecule has 0 spiro atoms. The topological polar surface area (TPSA) is 9.23 Å². The molecule has 0 heterocycles. The van der Waals surface area contributed by atoms with Gasteiger partial charge in [0, 0.05) is 16.5 Å². The lowest BCUT2D eigenvalue weighted by Gasteiger charge is -2.05. The van der Waals surface area contributed by atoms with Crippen molar-refractivity contribution in [3.05, 3.63) is 102 Å². The van der Waals surface area contributed by atoms with Crippen LogP contribution in [0.15, 0.2) is 78.9 Å². The minimum atomic E-state index is -0.844. The molecule has 0 unspecified atom stereocenters. The maximum Gasteiger partial charge on any atom is 0.166 e. The molecule has 0 atom stereocenters. The third-order valence-corrected chi connectivity index (χ3v) is 4.64. The van der Waals surface area contributed by atoms with E-state index in [-0.39, 0.29) is 5.39 Å². The number of benzene rings is 4. The first-order valence-electron chi connectivity index (χ1n) is 9.37. The minimum absolute atomic E-state index is 0.259.